The second-order valence-electron chi connectivity index (χ2n) is 5.64. The standard InChI is InChI=1S/2C7H15O.2K/c2*1-5-7(4,8)6(2)3;;/h2*6H,5H2,1-4H3;;/q2*-1;2*+1. The molecule has 0 aromatic carbocycles. The first-order valence-corrected chi connectivity index (χ1v) is 6.42. The Morgan fingerprint density at radius 1 is 0.722 bits per heavy atom. The van der Waals surface area contributed by atoms with Crippen molar-refractivity contribution in [2.45, 2.75) is 79.4 Å². The summed E-state index contributed by atoms with van der Waals surface area (Å²) in [5.41, 5.74) is -1.42. The Morgan fingerprint density at radius 2 is 0.889 bits per heavy atom. The summed E-state index contributed by atoms with van der Waals surface area (Å²) >= 11 is 0. The van der Waals surface area contributed by atoms with Gasteiger partial charge in [0.2, 0.25) is 0 Å². The fraction of sp³-hybridized carbons (Fsp3) is 1.00. The van der Waals surface area contributed by atoms with E-state index in [4.69, 9.17) is 0 Å². The second-order valence-corrected chi connectivity index (χ2v) is 5.64. The first kappa shape index (κ1) is 29.2. The van der Waals surface area contributed by atoms with E-state index in [9.17, 15) is 10.2 Å². The van der Waals surface area contributed by atoms with E-state index in [1.54, 1.807) is 13.8 Å². The molecule has 0 radical (unpaired) electrons. The van der Waals surface area contributed by atoms with Gasteiger partial charge in [-0.25, -0.2) is 0 Å². The molecule has 0 saturated carbocycles. The molecule has 2 nitrogen and oxygen atoms in total. The Kier molecular flexibility index (Phi) is 22.5. The van der Waals surface area contributed by atoms with Crippen molar-refractivity contribution in [3.8, 4) is 0 Å². The van der Waals surface area contributed by atoms with Crippen molar-refractivity contribution in [3.05, 3.63) is 0 Å². The van der Waals surface area contributed by atoms with E-state index in [0.29, 0.717) is 0 Å². The minimum Gasteiger partial charge on any atom is -0.849 e. The molecule has 4 heteroatoms. The molecule has 0 saturated heterocycles. The molecule has 0 aromatic rings. The Morgan fingerprint density at radius 3 is 0.889 bits per heavy atom. The van der Waals surface area contributed by atoms with Crippen molar-refractivity contribution < 1.29 is 113 Å². The van der Waals surface area contributed by atoms with Gasteiger partial charge in [0, 0.05) is 0 Å². The van der Waals surface area contributed by atoms with Gasteiger partial charge >= 0.3 is 103 Å². The Balaban J connectivity index is -0.0000000980. The first-order chi connectivity index (χ1) is 7.01. The average molecular weight is 309 g/mol. The Labute approximate surface area is 200 Å². The van der Waals surface area contributed by atoms with Gasteiger partial charge in [-0.1, -0.05) is 80.1 Å². The fourth-order valence-electron chi connectivity index (χ4n) is 0.816. The van der Waals surface area contributed by atoms with Crippen LogP contribution in [0.5, 0.6) is 0 Å². The molecule has 0 amide bonds. The molecule has 18 heavy (non-hydrogen) atoms. The number of rotatable bonds is 4. The van der Waals surface area contributed by atoms with E-state index in [1.807, 2.05) is 41.5 Å². The van der Waals surface area contributed by atoms with Gasteiger partial charge in [-0.2, -0.15) is 0 Å². The van der Waals surface area contributed by atoms with E-state index in [2.05, 4.69) is 0 Å². The summed E-state index contributed by atoms with van der Waals surface area (Å²) in [7, 11) is 0. The summed E-state index contributed by atoms with van der Waals surface area (Å²) in [5.74, 6) is 0.514. The topological polar surface area (TPSA) is 46.1 Å². The van der Waals surface area contributed by atoms with Gasteiger partial charge < -0.3 is 10.2 Å². The predicted octanol–water partition coefficient (Wildman–Crippen LogP) is -3.65. The maximum Gasteiger partial charge on any atom is 1.00 e. The van der Waals surface area contributed by atoms with E-state index in [1.165, 1.54) is 0 Å². The molecule has 0 spiro atoms. The molecule has 2 unspecified atom stereocenters. The Bertz CT molecular complexity index is 159. The summed E-state index contributed by atoms with van der Waals surface area (Å²) in [6.07, 6.45) is 1.45. The van der Waals surface area contributed by atoms with Crippen molar-refractivity contribution in [1.29, 1.82) is 0 Å². The summed E-state index contributed by atoms with van der Waals surface area (Å²) in [4.78, 5) is 0. The minimum atomic E-state index is -0.708. The smallest absolute Gasteiger partial charge is 0.849 e. The van der Waals surface area contributed by atoms with Crippen LogP contribution in [0.3, 0.4) is 0 Å². The molecule has 2 atom stereocenters. The van der Waals surface area contributed by atoms with Gasteiger partial charge in [-0.15, -0.1) is 11.2 Å². The summed E-state index contributed by atoms with van der Waals surface area (Å²) in [6, 6.07) is 0. The molecule has 0 N–H and O–H groups in total. The molecule has 0 aliphatic carbocycles. The van der Waals surface area contributed by atoms with Gasteiger partial charge in [0.05, 0.1) is 0 Å². The van der Waals surface area contributed by atoms with Crippen LogP contribution in [-0.4, -0.2) is 11.2 Å². The van der Waals surface area contributed by atoms with Crippen LogP contribution in [0.15, 0.2) is 0 Å². The third-order valence-electron chi connectivity index (χ3n) is 3.85. The summed E-state index contributed by atoms with van der Waals surface area (Å²) in [6.45, 7) is 15.3. The van der Waals surface area contributed by atoms with Crippen LogP contribution in [0, 0.1) is 11.8 Å². The van der Waals surface area contributed by atoms with Crippen LogP contribution in [-0.2, 0) is 0 Å². The van der Waals surface area contributed by atoms with E-state index in [0.717, 1.165) is 12.8 Å². The third-order valence-corrected chi connectivity index (χ3v) is 3.85. The van der Waals surface area contributed by atoms with E-state index < -0.39 is 11.2 Å². The number of hydrogen-bond acceptors (Lipinski definition) is 2. The molecular formula is C14H30K2O2. The van der Waals surface area contributed by atoms with Crippen LogP contribution in [0.1, 0.15) is 68.2 Å². The molecule has 0 fully saturated rings. The molecular weight excluding hydrogens is 278 g/mol. The SMILES string of the molecule is CCC(C)([O-])C(C)C.CCC(C)([O-])C(C)C.[K+].[K+]. The average Bonchev–Trinajstić information content (AvgIpc) is 2.18. The van der Waals surface area contributed by atoms with Gasteiger partial charge in [0.15, 0.2) is 0 Å². The molecule has 0 aliphatic heterocycles. The van der Waals surface area contributed by atoms with E-state index >= 15 is 0 Å². The van der Waals surface area contributed by atoms with Crippen molar-refractivity contribution in [1.82, 2.24) is 0 Å². The quantitative estimate of drug-likeness (QED) is 0.503. The first-order valence-electron chi connectivity index (χ1n) is 6.42. The molecule has 0 aromatic heterocycles. The van der Waals surface area contributed by atoms with Crippen LogP contribution >= 0.6 is 0 Å². The van der Waals surface area contributed by atoms with Crippen LogP contribution in [0.2, 0.25) is 0 Å². The minimum absolute atomic E-state index is 0. The summed E-state index contributed by atoms with van der Waals surface area (Å²) < 4.78 is 0. The zero-order valence-electron chi connectivity index (χ0n) is 14.4. The Hall–Kier alpha value is 3.19. The third kappa shape index (κ3) is 14.1. The van der Waals surface area contributed by atoms with Crippen LogP contribution in [0.4, 0.5) is 0 Å². The van der Waals surface area contributed by atoms with E-state index in [-0.39, 0.29) is 115 Å². The summed E-state index contributed by atoms with van der Waals surface area (Å²) in [5, 5.41) is 22.3. The number of hydrogen-bond donors (Lipinski definition) is 0. The molecule has 0 rings (SSSR count). The van der Waals surface area contributed by atoms with Crippen molar-refractivity contribution >= 4 is 0 Å². The van der Waals surface area contributed by atoms with Gasteiger partial charge in [0.25, 0.3) is 0 Å². The zero-order chi connectivity index (χ0) is 13.6. The monoisotopic (exact) mass is 308 g/mol. The van der Waals surface area contributed by atoms with Gasteiger partial charge in [-0.3, -0.25) is 0 Å². The van der Waals surface area contributed by atoms with Crippen LogP contribution < -0.4 is 113 Å². The van der Waals surface area contributed by atoms with Gasteiger partial charge in [-0.05, 0) is 0 Å². The normalized spacial score (nSPS) is 16.7. The molecule has 0 aliphatic rings. The fourth-order valence-corrected chi connectivity index (χ4v) is 0.816. The molecule has 0 heterocycles. The largest absolute Gasteiger partial charge is 1.00 e. The van der Waals surface area contributed by atoms with Gasteiger partial charge in [0.1, 0.15) is 0 Å². The predicted molar refractivity (Wildman–Crippen MR) is 67.1 cm³/mol. The van der Waals surface area contributed by atoms with Crippen molar-refractivity contribution in [3.63, 3.8) is 0 Å². The second kappa shape index (κ2) is 13.8. The van der Waals surface area contributed by atoms with Crippen molar-refractivity contribution in [2.75, 3.05) is 0 Å². The maximum atomic E-state index is 11.2. The molecule has 0 bridgehead atoms. The van der Waals surface area contributed by atoms with Crippen molar-refractivity contribution in [2.24, 2.45) is 11.8 Å². The van der Waals surface area contributed by atoms with Crippen LogP contribution in [0.25, 0.3) is 0 Å². The molecule has 100 valence electrons. The maximum absolute atomic E-state index is 11.2. The zero-order valence-corrected chi connectivity index (χ0v) is 20.6.